The number of amides is 2. The van der Waals surface area contributed by atoms with Crippen molar-refractivity contribution in [3.8, 4) is 11.5 Å². The molecule has 0 radical (unpaired) electrons. The fraction of sp³-hybridized carbons (Fsp3) is 0.222. The zero-order valence-electron chi connectivity index (χ0n) is 13.6. The maximum atomic E-state index is 12.2. The molecule has 0 saturated carbocycles. The van der Waals surface area contributed by atoms with Gasteiger partial charge in [-0.3, -0.25) is 9.59 Å². The van der Waals surface area contributed by atoms with Gasteiger partial charge in [0.25, 0.3) is 5.91 Å². The monoisotopic (exact) mass is 360 g/mol. The van der Waals surface area contributed by atoms with Crippen molar-refractivity contribution < 1.29 is 19.1 Å². The molecule has 2 amide bonds. The molecule has 6 nitrogen and oxygen atoms in total. The Balaban J connectivity index is 1.53. The van der Waals surface area contributed by atoms with E-state index in [0.29, 0.717) is 28.6 Å². The third-order valence-electron chi connectivity index (χ3n) is 3.77. The number of hydrogen-bond acceptors (Lipinski definition) is 4. The molecule has 2 aromatic carbocycles. The Kier molecular flexibility index (Phi) is 5.09. The van der Waals surface area contributed by atoms with Crippen molar-refractivity contribution in [2.24, 2.45) is 0 Å². The highest BCUT2D eigenvalue weighted by atomic mass is 35.5. The van der Waals surface area contributed by atoms with Gasteiger partial charge in [0.1, 0.15) is 0 Å². The fourth-order valence-corrected chi connectivity index (χ4v) is 2.61. The number of ether oxygens (including phenoxy) is 2. The normalized spacial score (nSPS) is 11.9. The number of benzene rings is 2. The van der Waals surface area contributed by atoms with Crippen molar-refractivity contribution in [2.75, 3.05) is 20.4 Å². The first kappa shape index (κ1) is 17.1. The van der Waals surface area contributed by atoms with Crippen LogP contribution in [0.2, 0.25) is 5.02 Å². The van der Waals surface area contributed by atoms with Crippen molar-refractivity contribution in [1.82, 2.24) is 10.2 Å². The van der Waals surface area contributed by atoms with E-state index in [4.69, 9.17) is 21.1 Å². The minimum atomic E-state index is -0.340. The van der Waals surface area contributed by atoms with E-state index in [9.17, 15) is 9.59 Å². The quantitative estimate of drug-likeness (QED) is 0.889. The van der Waals surface area contributed by atoms with Crippen LogP contribution in [0.3, 0.4) is 0 Å². The van der Waals surface area contributed by atoms with Crippen LogP contribution in [0.5, 0.6) is 11.5 Å². The van der Waals surface area contributed by atoms with Crippen LogP contribution >= 0.6 is 11.6 Å². The topological polar surface area (TPSA) is 67.9 Å². The van der Waals surface area contributed by atoms with Gasteiger partial charge in [0.2, 0.25) is 12.7 Å². The first-order valence-electron chi connectivity index (χ1n) is 7.69. The molecule has 2 aromatic rings. The molecule has 0 aromatic heterocycles. The third-order valence-corrected chi connectivity index (χ3v) is 4.00. The van der Waals surface area contributed by atoms with Crippen molar-refractivity contribution in [3.63, 3.8) is 0 Å². The fourth-order valence-electron chi connectivity index (χ4n) is 2.42. The molecule has 7 heteroatoms. The van der Waals surface area contributed by atoms with Gasteiger partial charge in [-0.15, -0.1) is 0 Å². The molecule has 1 heterocycles. The predicted octanol–water partition coefficient (Wildman–Crippen LogP) is 2.46. The lowest BCUT2D eigenvalue weighted by atomic mass is 10.2. The molecule has 0 unspecified atom stereocenters. The molecule has 0 aliphatic carbocycles. The van der Waals surface area contributed by atoms with Crippen LogP contribution in [-0.4, -0.2) is 37.1 Å². The van der Waals surface area contributed by atoms with Gasteiger partial charge < -0.3 is 19.7 Å². The summed E-state index contributed by atoms with van der Waals surface area (Å²) < 4.78 is 10.6. The molecule has 1 aliphatic rings. The van der Waals surface area contributed by atoms with Crippen molar-refractivity contribution in [1.29, 1.82) is 0 Å². The lowest BCUT2D eigenvalue weighted by Crippen LogP contribution is -2.37. The SMILES string of the molecule is CN(Cc1ccc2c(c1)OCO2)C(=O)CNC(=O)c1cccc(Cl)c1. The summed E-state index contributed by atoms with van der Waals surface area (Å²) in [5.41, 5.74) is 1.33. The maximum absolute atomic E-state index is 12.2. The number of hydrogen-bond donors (Lipinski definition) is 1. The minimum Gasteiger partial charge on any atom is -0.454 e. The molecule has 0 spiro atoms. The highest BCUT2D eigenvalue weighted by molar-refractivity contribution is 6.30. The van der Waals surface area contributed by atoms with Crippen LogP contribution in [0.1, 0.15) is 15.9 Å². The molecule has 1 aliphatic heterocycles. The van der Waals surface area contributed by atoms with Crippen LogP contribution in [-0.2, 0) is 11.3 Å². The number of likely N-dealkylation sites (N-methyl/N-ethyl adjacent to an activating group) is 1. The van der Waals surface area contributed by atoms with Gasteiger partial charge in [0.15, 0.2) is 11.5 Å². The summed E-state index contributed by atoms with van der Waals surface area (Å²) >= 11 is 5.86. The van der Waals surface area contributed by atoms with Gasteiger partial charge in [-0.05, 0) is 35.9 Å². The maximum Gasteiger partial charge on any atom is 0.251 e. The molecular weight excluding hydrogens is 344 g/mol. The Morgan fingerprint density at radius 3 is 2.76 bits per heavy atom. The standard InChI is InChI=1S/C18H17ClN2O4/c1-21(10-12-5-6-15-16(7-12)25-11-24-15)17(22)9-20-18(23)13-3-2-4-14(19)8-13/h2-8H,9-11H2,1H3,(H,20,23). The zero-order chi connectivity index (χ0) is 17.8. The first-order valence-corrected chi connectivity index (χ1v) is 8.07. The second-order valence-corrected chi connectivity index (χ2v) is 6.07. The largest absolute Gasteiger partial charge is 0.454 e. The Morgan fingerprint density at radius 1 is 1.16 bits per heavy atom. The summed E-state index contributed by atoms with van der Waals surface area (Å²) in [5.74, 6) is 0.833. The Labute approximate surface area is 150 Å². The molecular formula is C18H17ClN2O4. The average molecular weight is 361 g/mol. The summed E-state index contributed by atoms with van der Waals surface area (Å²) in [6.07, 6.45) is 0. The van der Waals surface area contributed by atoms with Gasteiger partial charge >= 0.3 is 0 Å². The van der Waals surface area contributed by atoms with Crippen molar-refractivity contribution >= 4 is 23.4 Å². The summed E-state index contributed by atoms with van der Waals surface area (Å²) in [6, 6.07) is 12.1. The van der Waals surface area contributed by atoms with Gasteiger partial charge in [0.05, 0.1) is 6.54 Å². The second-order valence-electron chi connectivity index (χ2n) is 5.63. The molecule has 130 valence electrons. The highest BCUT2D eigenvalue weighted by Gasteiger charge is 2.16. The number of carbonyl (C=O) groups excluding carboxylic acids is 2. The predicted molar refractivity (Wildman–Crippen MR) is 92.8 cm³/mol. The first-order chi connectivity index (χ1) is 12.0. The lowest BCUT2D eigenvalue weighted by Gasteiger charge is -2.18. The highest BCUT2D eigenvalue weighted by Crippen LogP contribution is 2.32. The third kappa shape index (κ3) is 4.22. The van der Waals surface area contributed by atoms with E-state index >= 15 is 0 Å². The van der Waals surface area contributed by atoms with E-state index in [-0.39, 0.29) is 25.2 Å². The number of nitrogens with zero attached hydrogens (tertiary/aromatic N) is 1. The van der Waals surface area contributed by atoms with Crippen LogP contribution in [0, 0.1) is 0 Å². The molecule has 0 saturated heterocycles. The summed E-state index contributed by atoms with van der Waals surface area (Å²) in [7, 11) is 1.68. The van der Waals surface area contributed by atoms with Gasteiger partial charge in [-0.25, -0.2) is 0 Å². The van der Waals surface area contributed by atoms with Crippen molar-refractivity contribution in [3.05, 3.63) is 58.6 Å². The molecule has 0 fully saturated rings. The van der Waals surface area contributed by atoms with E-state index in [1.807, 2.05) is 18.2 Å². The van der Waals surface area contributed by atoms with E-state index in [0.717, 1.165) is 5.56 Å². The van der Waals surface area contributed by atoms with Crippen LogP contribution < -0.4 is 14.8 Å². The molecule has 3 rings (SSSR count). The summed E-state index contributed by atoms with van der Waals surface area (Å²) in [6.45, 7) is 0.526. The van der Waals surface area contributed by atoms with Crippen LogP contribution in [0.4, 0.5) is 0 Å². The number of fused-ring (bicyclic) bond motifs is 1. The summed E-state index contributed by atoms with van der Waals surface area (Å²) in [4.78, 5) is 25.8. The van der Waals surface area contributed by atoms with Gasteiger partial charge in [0, 0.05) is 24.2 Å². The number of carbonyl (C=O) groups is 2. The Morgan fingerprint density at radius 2 is 1.96 bits per heavy atom. The van der Waals surface area contributed by atoms with Crippen LogP contribution in [0.15, 0.2) is 42.5 Å². The minimum absolute atomic E-state index is 0.0909. The Bertz CT molecular complexity index is 809. The van der Waals surface area contributed by atoms with E-state index in [1.165, 1.54) is 4.90 Å². The van der Waals surface area contributed by atoms with Gasteiger partial charge in [-0.1, -0.05) is 23.7 Å². The zero-order valence-corrected chi connectivity index (χ0v) is 14.4. The van der Waals surface area contributed by atoms with Crippen LogP contribution in [0.25, 0.3) is 0 Å². The van der Waals surface area contributed by atoms with Gasteiger partial charge in [-0.2, -0.15) is 0 Å². The summed E-state index contributed by atoms with van der Waals surface area (Å²) in [5, 5.41) is 3.07. The smallest absolute Gasteiger partial charge is 0.251 e. The van der Waals surface area contributed by atoms with E-state index in [1.54, 1.807) is 31.3 Å². The molecule has 1 N–H and O–H groups in total. The Hall–Kier alpha value is -2.73. The van der Waals surface area contributed by atoms with E-state index in [2.05, 4.69) is 5.32 Å². The van der Waals surface area contributed by atoms with E-state index < -0.39 is 0 Å². The van der Waals surface area contributed by atoms with Crippen molar-refractivity contribution in [2.45, 2.75) is 6.54 Å². The number of rotatable bonds is 5. The number of nitrogens with one attached hydrogen (secondary N) is 1. The number of halogens is 1. The average Bonchev–Trinajstić information content (AvgIpc) is 3.07. The molecule has 0 bridgehead atoms. The molecule has 0 atom stereocenters. The lowest BCUT2D eigenvalue weighted by molar-refractivity contribution is -0.129. The second kappa shape index (κ2) is 7.44. The molecule has 25 heavy (non-hydrogen) atoms.